The van der Waals surface area contributed by atoms with E-state index in [2.05, 4.69) is 4.98 Å². The quantitative estimate of drug-likeness (QED) is 0.626. The summed E-state index contributed by atoms with van der Waals surface area (Å²) >= 11 is 1.50. The Morgan fingerprint density at radius 3 is 2.74 bits per heavy atom. The van der Waals surface area contributed by atoms with Crippen molar-refractivity contribution in [2.45, 2.75) is 33.2 Å². The van der Waals surface area contributed by atoms with E-state index in [0.29, 0.717) is 19.6 Å². The fourth-order valence-corrected chi connectivity index (χ4v) is 3.44. The van der Waals surface area contributed by atoms with Crippen LogP contribution in [0.25, 0.3) is 0 Å². The van der Waals surface area contributed by atoms with E-state index in [9.17, 15) is 14.4 Å². The van der Waals surface area contributed by atoms with Crippen LogP contribution in [0.2, 0.25) is 0 Å². The normalized spacial score (nSPS) is 11.1. The Hall–Kier alpha value is -2.39. The second-order valence-corrected chi connectivity index (χ2v) is 7.48. The zero-order valence-corrected chi connectivity index (χ0v) is 16.7. The topological polar surface area (TPSA) is 110 Å². The Morgan fingerprint density at radius 1 is 1.41 bits per heavy atom. The molecular formula is C18H26N4O4S. The molecule has 27 heavy (non-hydrogen) atoms. The summed E-state index contributed by atoms with van der Waals surface area (Å²) in [6.45, 7) is 4.93. The van der Waals surface area contributed by atoms with Gasteiger partial charge in [-0.25, -0.2) is 4.79 Å². The third-order valence-electron chi connectivity index (χ3n) is 4.00. The monoisotopic (exact) mass is 394 g/mol. The van der Waals surface area contributed by atoms with Crippen molar-refractivity contribution < 1.29 is 9.53 Å². The molecule has 0 atom stereocenters. The van der Waals surface area contributed by atoms with Gasteiger partial charge in [0, 0.05) is 26.8 Å². The number of carbonyl (C=O) groups excluding carboxylic acids is 1. The summed E-state index contributed by atoms with van der Waals surface area (Å²) in [5, 5.41) is 3.78. The van der Waals surface area contributed by atoms with Crippen LogP contribution in [0.5, 0.6) is 0 Å². The van der Waals surface area contributed by atoms with Crippen LogP contribution < -0.4 is 21.9 Å². The lowest BCUT2D eigenvalue weighted by molar-refractivity contribution is -0.118. The number of hydrogen-bond acceptors (Lipinski definition) is 6. The summed E-state index contributed by atoms with van der Waals surface area (Å²) in [5.41, 5.74) is 5.83. The highest BCUT2D eigenvalue weighted by atomic mass is 32.1. The van der Waals surface area contributed by atoms with E-state index in [-0.39, 0.29) is 36.3 Å². The molecule has 8 nitrogen and oxygen atoms in total. The van der Waals surface area contributed by atoms with Gasteiger partial charge in [0.2, 0.25) is 5.91 Å². The number of aromatic amines is 1. The minimum atomic E-state index is -0.659. The molecule has 2 heterocycles. The van der Waals surface area contributed by atoms with Gasteiger partial charge >= 0.3 is 5.69 Å². The first-order chi connectivity index (χ1) is 12.8. The maximum absolute atomic E-state index is 12.9. The zero-order valence-electron chi connectivity index (χ0n) is 15.9. The molecule has 1 amide bonds. The molecular weight excluding hydrogens is 368 g/mol. The smallest absolute Gasteiger partial charge is 0.330 e. The van der Waals surface area contributed by atoms with Crippen LogP contribution >= 0.6 is 11.3 Å². The van der Waals surface area contributed by atoms with E-state index in [1.165, 1.54) is 20.8 Å². The summed E-state index contributed by atoms with van der Waals surface area (Å²) in [6, 6.07) is 1.86. The molecule has 2 aromatic rings. The number of carbonyl (C=O) groups is 1. The molecule has 0 spiro atoms. The largest absolute Gasteiger partial charge is 0.385 e. The van der Waals surface area contributed by atoms with Gasteiger partial charge in [-0.15, -0.1) is 0 Å². The highest BCUT2D eigenvalue weighted by molar-refractivity contribution is 7.08. The van der Waals surface area contributed by atoms with Gasteiger partial charge in [-0.2, -0.15) is 11.3 Å². The van der Waals surface area contributed by atoms with Crippen LogP contribution in [0.15, 0.2) is 26.4 Å². The molecule has 0 aliphatic carbocycles. The minimum Gasteiger partial charge on any atom is -0.385 e. The van der Waals surface area contributed by atoms with Crippen molar-refractivity contribution in [2.75, 3.05) is 30.9 Å². The molecule has 148 valence electrons. The predicted molar refractivity (Wildman–Crippen MR) is 107 cm³/mol. The lowest BCUT2D eigenvalue weighted by atomic mass is 10.2. The number of hydrogen-bond donors (Lipinski definition) is 2. The van der Waals surface area contributed by atoms with Crippen molar-refractivity contribution in [3.63, 3.8) is 0 Å². The average Bonchev–Trinajstić information content (AvgIpc) is 3.10. The summed E-state index contributed by atoms with van der Waals surface area (Å²) in [4.78, 5) is 41.2. The van der Waals surface area contributed by atoms with Crippen LogP contribution in [0, 0.1) is 5.92 Å². The van der Waals surface area contributed by atoms with E-state index >= 15 is 0 Å². The number of anilines is 2. The number of methoxy groups -OCH3 is 1. The van der Waals surface area contributed by atoms with Crippen molar-refractivity contribution in [1.29, 1.82) is 0 Å². The summed E-state index contributed by atoms with van der Waals surface area (Å²) < 4.78 is 6.37. The first-order valence-electron chi connectivity index (χ1n) is 8.78. The first-order valence-corrected chi connectivity index (χ1v) is 9.72. The van der Waals surface area contributed by atoms with Gasteiger partial charge in [0.05, 0.1) is 6.42 Å². The molecule has 0 aromatic carbocycles. The number of nitrogens with one attached hydrogen (secondary N) is 1. The fourth-order valence-electron chi connectivity index (χ4n) is 2.78. The maximum atomic E-state index is 12.9. The van der Waals surface area contributed by atoms with Crippen LogP contribution in [-0.4, -0.2) is 35.7 Å². The zero-order chi connectivity index (χ0) is 20.0. The van der Waals surface area contributed by atoms with Gasteiger partial charge < -0.3 is 15.4 Å². The lowest BCUT2D eigenvalue weighted by Gasteiger charge is -2.25. The molecule has 0 unspecified atom stereocenters. The third kappa shape index (κ3) is 5.30. The third-order valence-corrected chi connectivity index (χ3v) is 4.73. The molecule has 0 fully saturated rings. The van der Waals surface area contributed by atoms with Crippen molar-refractivity contribution >= 4 is 28.7 Å². The minimum absolute atomic E-state index is 0.00790. The summed E-state index contributed by atoms with van der Waals surface area (Å²) in [7, 11) is 1.57. The van der Waals surface area contributed by atoms with Crippen LogP contribution in [0.4, 0.5) is 11.5 Å². The second kappa shape index (κ2) is 9.52. The SMILES string of the molecule is COCCCN(C(=O)Cc1ccsc1)c1c(N)n(CC(C)C)c(=O)[nH]c1=O. The van der Waals surface area contributed by atoms with Crippen molar-refractivity contribution in [3.05, 3.63) is 43.2 Å². The molecule has 2 rings (SSSR count). The molecule has 3 N–H and O–H groups in total. The molecule has 0 aliphatic rings. The number of ether oxygens (including phenoxy) is 1. The fraction of sp³-hybridized carbons (Fsp3) is 0.500. The first kappa shape index (κ1) is 20.9. The molecule has 2 aromatic heterocycles. The number of aromatic nitrogens is 2. The van der Waals surface area contributed by atoms with Gasteiger partial charge in [-0.05, 0) is 34.7 Å². The van der Waals surface area contributed by atoms with Gasteiger partial charge in [0.25, 0.3) is 5.56 Å². The van der Waals surface area contributed by atoms with Gasteiger partial charge in [0.1, 0.15) is 5.82 Å². The van der Waals surface area contributed by atoms with Crippen LogP contribution in [0.3, 0.4) is 0 Å². The van der Waals surface area contributed by atoms with Crippen molar-refractivity contribution in [1.82, 2.24) is 9.55 Å². The number of nitrogen functional groups attached to an aromatic ring is 1. The van der Waals surface area contributed by atoms with Gasteiger partial charge in [-0.1, -0.05) is 13.8 Å². The number of rotatable bonds is 9. The number of H-pyrrole nitrogens is 1. The maximum Gasteiger partial charge on any atom is 0.330 e. The Morgan fingerprint density at radius 2 is 2.15 bits per heavy atom. The van der Waals surface area contributed by atoms with Crippen LogP contribution in [-0.2, 0) is 22.5 Å². The second-order valence-electron chi connectivity index (χ2n) is 6.70. The molecule has 0 saturated heterocycles. The molecule has 9 heteroatoms. The number of nitrogens with zero attached hydrogens (tertiary/aromatic N) is 2. The Balaban J connectivity index is 2.45. The average molecular weight is 394 g/mol. The van der Waals surface area contributed by atoms with Gasteiger partial charge in [-0.3, -0.25) is 19.1 Å². The van der Waals surface area contributed by atoms with E-state index in [0.717, 1.165) is 5.56 Å². The molecule has 0 aliphatic heterocycles. The summed E-state index contributed by atoms with van der Waals surface area (Å²) in [6.07, 6.45) is 0.687. The molecule has 0 radical (unpaired) electrons. The van der Waals surface area contributed by atoms with Gasteiger partial charge in [0.15, 0.2) is 5.69 Å². The van der Waals surface area contributed by atoms with Crippen molar-refractivity contribution in [2.24, 2.45) is 5.92 Å². The Kier molecular flexibility index (Phi) is 7.37. The van der Waals surface area contributed by atoms with E-state index < -0.39 is 11.2 Å². The highest BCUT2D eigenvalue weighted by Crippen LogP contribution is 2.20. The standard InChI is InChI=1S/C18H26N4O4S/c1-12(2)10-22-16(19)15(17(24)20-18(22)25)21(6-4-7-26-3)14(23)9-13-5-8-27-11-13/h5,8,11-12H,4,6-7,9-10,19H2,1-3H3,(H,20,24,25). The van der Waals surface area contributed by atoms with E-state index in [1.807, 2.05) is 30.7 Å². The molecule has 0 bridgehead atoms. The number of nitrogens with two attached hydrogens (primary N) is 1. The number of thiophene rings is 1. The van der Waals surface area contributed by atoms with E-state index in [1.54, 1.807) is 7.11 Å². The predicted octanol–water partition coefficient (Wildman–Crippen LogP) is 1.45. The molecule has 0 saturated carbocycles. The Labute approximate surface area is 161 Å². The lowest BCUT2D eigenvalue weighted by Crippen LogP contribution is -2.42. The van der Waals surface area contributed by atoms with Crippen molar-refractivity contribution in [3.8, 4) is 0 Å². The van der Waals surface area contributed by atoms with E-state index in [4.69, 9.17) is 10.5 Å². The number of amides is 1. The summed E-state index contributed by atoms with van der Waals surface area (Å²) in [5.74, 6) is -0.0998. The van der Waals surface area contributed by atoms with Crippen LogP contribution in [0.1, 0.15) is 25.8 Å². The highest BCUT2D eigenvalue weighted by Gasteiger charge is 2.24. The Bertz CT molecular complexity index is 870.